The second-order valence-corrected chi connectivity index (χ2v) is 7.50. The Hall–Kier alpha value is -1.17. The van der Waals surface area contributed by atoms with Gasteiger partial charge in [-0.15, -0.1) is 24.0 Å². The predicted octanol–water partition coefficient (Wildman–Crippen LogP) is 2.35. The molecule has 25 heavy (non-hydrogen) atoms. The third-order valence-corrected chi connectivity index (χ3v) is 3.91. The first kappa shape index (κ1) is 23.8. The summed E-state index contributed by atoms with van der Waals surface area (Å²) < 4.78 is 50.9. The molecular formula is C15H24F2IN3O3S. The largest absolute Gasteiger partial charge is 0.435 e. The van der Waals surface area contributed by atoms with Gasteiger partial charge in [0.1, 0.15) is 15.6 Å². The van der Waals surface area contributed by atoms with Crippen LogP contribution >= 0.6 is 24.0 Å². The van der Waals surface area contributed by atoms with Crippen molar-refractivity contribution in [3.05, 3.63) is 29.8 Å². The molecule has 0 aromatic heterocycles. The molecular weight excluding hydrogens is 467 g/mol. The van der Waals surface area contributed by atoms with Gasteiger partial charge in [0.15, 0.2) is 5.96 Å². The van der Waals surface area contributed by atoms with E-state index in [4.69, 9.17) is 0 Å². The monoisotopic (exact) mass is 491 g/mol. The number of halogens is 3. The summed E-state index contributed by atoms with van der Waals surface area (Å²) in [5.74, 6) is 0.661. The highest BCUT2D eigenvalue weighted by molar-refractivity contribution is 14.0. The smallest absolute Gasteiger partial charge is 0.387 e. The first-order valence-corrected chi connectivity index (χ1v) is 9.48. The van der Waals surface area contributed by atoms with Gasteiger partial charge in [-0.2, -0.15) is 8.78 Å². The van der Waals surface area contributed by atoms with Gasteiger partial charge in [-0.1, -0.05) is 12.1 Å². The topological polar surface area (TPSA) is 71.0 Å². The van der Waals surface area contributed by atoms with Gasteiger partial charge in [0.05, 0.1) is 12.3 Å². The Morgan fingerprint density at radius 1 is 1.32 bits per heavy atom. The van der Waals surface area contributed by atoms with Gasteiger partial charge in [0.25, 0.3) is 0 Å². The fourth-order valence-corrected chi connectivity index (χ4v) is 2.34. The molecule has 0 spiro atoms. The van der Waals surface area contributed by atoms with E-state index in [1.165, 1.54) is 18.4 Å². The quantitative estimate of drug-likeness (QED) is 0.344. The number of guanidine groups is 1. The van der Waals surface area contributed by atoms with E-state index in [0.717, 1.165) is 5.56 Å². The lowest BCUT2D eigenvalue weighted by molar-refractivity contribution is -0.0498. The molecule has 0 atom stereocenters. The summed E-state index contributed by atoms with van der Waals surface area (Å²) >= 11 is 0. The van der Waals surface area contributed by atoms with Crippen molar-refractivity contribution in [3.63, 3.8) is 0 Å². The number of benzene rings is 1. The summed E-state index contributed by atoms with van der Waals surface area (Å²) in [6.07, 6.45) is 1.17. The minimum atomic E-state index is -3.06. The average Bonchev–Trinajstić information content (AvgIpc) is 2.46. The molecule has 0 fully saturated rings. The van der Waals surface area contributed by atoms with E-state index in [1.807, 2.05) is 18.9 Å². The minimum Gasteiger partial charge on any atom is -0.435 e. The van der Waals surface area contributed by atoms with Crippen LogP contribution in [0.3, 0.4) is 0 Å². The Kier molecular flexibility index (Phi) is 10.9. The van der Waals surface area contributed by atoms with Crippen LogP contribution in [0.2, 0.25) is 0 Å². The van der Waals surface area contributed by atoms with Crippen molar-refractivity contribution < 1.29 is 21.9 Å². The van der Waals surface area contributed by atoms with Crippen LogP contribution in [0.15, 0.2) is 29.3 Å². The molecule has 0 saturated carbocycles. The number of hydrogen-bond acceptors (Lipinski definition) is 4. The highest BCUT2D eigenvalue weighted by Gasteiger charge is 2.09. The number of sulfone groups is 1. The first-order chi connectivity index (χ1) is 11.2. The number of rotatable bonds is 8. The van der Waals surface area contributed by atoms with Crippen molar-refractivity contribution in [2.45, 2.75) is 20.1 Å². The van der Waals surface area contributed by atoms with E-state index in [-0.39, 0.29) is 42.0 Å². The van der Waals surface area contributed by atoms with Gasteiger partial charge in [-0.3, -0.25) is 4.99 Å². The summed E-state index contributed by atoms with van der Waals surface area (Å²) in [6, 6.07) is 6.33. The molecule has 1 rings (SSSR count). The molecule has 0 radical (unpaired) electrons. The van der Waals surface area contributed by atoms with Crippen LogP contribution in [0.4, 0.5) is 8.78 Å². The lowest BCUT2D eigenvalue weighted by Gasteiger charge is -2.22. The molecule has 1 aromatic carbocycles. The highest BCUT2D eigenvalue weighted by Crippen LogP contribution is 2.15. The Morgan fingerprint density at radius 2 is 1.92 bits per heavy atom. The van der Waals surface area contributed by atoms with Crippen molar-refractivity contribution >= 4 is 39.8 Å². The number of aliphatic imine (C=N–C) groups is 1. The third kappa shape index (κ3) is 10.4. The van der Waals surface area contributed by atoms with Crippen molar-refractivity contribution in [1.29, 1.82) is 0 Å². The molecule has 6 nitrogen and oxygen atoms in total. The molecule has 10 heteroatoms. The van der Waals surface area contributed by atoms with Crippen LogP contribution in [0.25, 0.3) is 0 Å². The lowest BCUT2D eigenvalue weighted by atomic mass is 10.2. The van der Waals surface area contributed by atoms with E-state index in [9.17, 15) is 17.2 Å². The molecule has 0 unspecified atom stereocenters. The van der Waals surface area contributed by atoms with Crippen LogP contribution in [0, 0.1) is 0 Å². The van der Waals surface area contributed by atoms with E-state index >= 15 is 0 Å². The molecule has 1 N–H and O–H groups in total. The molecule has 0 aliphatic heterocycles. The number of nitrogens with zero attached hydrogens (tertiary/aromatic N) is 2. The first-order valence-electron chi connectivity index (χ1n) is 7.42. The van der Waals surface area contributed by atoms with Crippen LogP contribution < -0.4 is 10.1 Å². The van der Waals surface area contributed by atoms with E-state index < -0.39 is 16.4 Å². The zero-order valence-electron chi connectivity index (χ0n) is 14.4. The summed E-state index contributed by atoms with van der Waals surface area (Å²) in [5, 5.41) is 3.08. The Bertz CT molecular complexity index is 640. The summed E-state index contributed by atoms with van der Waals surface area (Å²) in [7, 11) is -1.25. The number of ether oxygens (including phenoxy) is 1. The maximum absolute atomic E-state index is 12.1. The predicted molar refractivity (Wildman–Crippen MR) is 106 cm³/mol. The zero-order valence-corrected chi connectivity index (χ0v) is 17.6. The number of hydrogen-bond donors (Lipinski definition) is 1. The highest BCUT2D eigenvalue weighted by atomic mass is 127. The molecule has 144 valence electrons. The SMILES string of the molecule is CCNC(=NCCS(C)(=O)=O)N(C)Cc1ccc(OC(F)F)cc1.I. The maximum atomic E-state index is 12.1. The third-order valence-electron chi connectivity index (χ3n) is 2.99. The molecule has 0 aliphatic carbocycles. The molecule has 0 saturated heterocycles. The maximum Gasteiger partial charge on any atom is 0.387 e. The Morgan fingerprint density at radius 3 is 2.40 bits per heavy atom. The van der Waals surface area contributed by atoms with Gasteiger partial charge in [-0.25, -0.2) is 8.42 Å². The van der Waals surface area contributed by atoms with Crippen LogP contribution in [-0.2, 0) is 16.4 Å². The second-order valence-electron chi connectivity index (χ2n) is 5.24. The minimum absolute atomic E-state index is 0. The van der Waals surface area contributed by atoms with Crippen LogP contribution in [0.5, 0.6) is 5.75 Å². The van der Waals surface area contributed by atoms with Crippen molar-refractivity contribution in [2.75, 3.05) is 32.1 Å². The zero-order chi connectivity index (χ0) is 18.2. The van der Waals surface area contributed by atoms with Gasteiger partial charge < -0.3 is 15.0 Å². The molecule has 0 amide bonds. The van der Waals surface area contributed by atoms with Crippen LogP contribution in [-0.4, -0.2) is 58.0 Å². The summed E-state index contributed by atoms with van der Waals surface area (Å²) in [5.41, 5.74) is 0.882. The van der Waals surface area contributed by atoms with Crippen molar-refractivity contribution in [2.24, 2.45) is 4.99 Å². The van der Waals surface area contributed by atoms with Gasteiger partial charge in [-0.05, 0) is 24.6 Å². The van der Waals surface area contributed by atoms with Crippen molar-refractivity contribution in [3.8, 4) is 5.75 Å². The van der Waals surface area contributed by atoms with E-state index in [1.54, 1.807) is 12.1 Å². The summed E-state index contributed by atoms with van der Waals surface area (Å²) in [6.45, 7) is 0.368. The van der Waals surface area contributed by atoms with Gasteiger partial charge >= 0.3 is 6.61 Å². The Labute approximate surface area is 164 Å². The standard InChI is InChI=1S/C15H23F2N3O3S.HI/c1-4-18-15(19-9-10-24(3,21)22)20(2)11-12-5-7-13(8-6-12)23-14(16)17;/h5-8,14H,4,9-11H2,1-3H3,(H,18,19);1H. The molecule has 1 aromatic rings. The van der Waals surface area contributed by atoms with Gasteiger partial charge in [0, 0.05) is 26.4 Å². The second kappa shape index (κ2) is 11.4. The molecule has 0 heterocycles. The fourth-order valence-electron chi connectivity index (χ4n) is 1.91. The van der Waals surface area contributed by atoms with Crippen molar-refractivity contribution in [1.82, 2.24) is 10.2 Å². The Balaban J connectivity index is 0.00000576. The number of alkyl halides is 2. The molecule has 0 bridgehead atoms. The normalized spacial score (nSPS) is 11.8. The van der Waals surface area contributed by atoms with Crippen LogP contribution in [0.1, 0.15) is 12.5 Å². The summed E-state index contributed by atoms with van der Waals surface area (Å²) in [4.78, 5) is 6.11. The van der Waals surface area contributed by atoms with E-state index in [2.05, 4.69) is 15.0 Å². The average molecular weight is 491 g/mol. The van der Waals surface area contributed by atoms with E-state index in [0.29, 0.717) is 19.0 Å². The lowest BCUT2D eigenvalue weighted by Crippen LogP contribution is -2.38. The fraction of sp³-hybridized carbons (Fsp3) is 0.533. The van der Waals surface area contributed by atoms with Gasteiger partial charge in [0.2, 0.25) is 0 Å². The number of nitrogens with one attached hydrogen (secondary N) is 1. The molecule has 0 aliphatic rings.